The molecule has 8 nitrogen and oxygen atoms in total. The minimum atomic E-state index is -0.329. The SMILES string of the molecule is CCN1CCN(C(=O)C2CC=C(c3ccc(OCC4CCN(c5nc(C(C)C)no5)CC4)c(F)c3)CC2)CC1. The van der Waals surface area contributed by atoms with Crippen LogP contribution in [-0.2, 0) is 4.79 Å². The van der Waals surface area contributed by atoms with E-state index in [2.05, 4.69) is 32.9 Å². The molecule has 2 saturated heterocycles. The topological polar surface area (TPSA) is 74.9 Å². The Bertz CT molecular complexity index is 1150. The van der Waals surface area contributed by atoms with Crippen LogP contribution in [0.15, 0.2) is 28.8 Å². The summed E-state index contributed by atoms with van der Waals surface area (Å²) < 4.78 is 26.3. The van der Waals surface area contributed by atoms with Gasteiger partial charge in [0.15, 0.2) is 17.4 Å². The Balaban J connectivity index is 1.08. The van der Waals surface area contributed by atoms with Gasteiger partial charge >= 0.3 is 6.01 Å². The normalized spacial score (nSPS) is 21.4. The number of aromatic nitrogens is 2. The summed E-state index contributed by atoms with van der Waals surface area (Å²) in [6.45, 7) is 13.0. The Labute approximate surface area is 231 Å². The third-order valence-corrected chi connectivity index (χ3v) is 8.50. The lowest BCUT2D eigenvalue weighted by Crippen LogP contribution is -2.50. The van der Waals surface area contributed by atoms with Crippen molar-refractivity contribution in [2.24, 2.45) is 11.8 Å². The number of hydrogen-bond donors (Lipinski definition) is 0. The fourth-order valence-electron chi connectivity index (χ4n) is 5.77. The zero-order valence-electron chi connectivity index (χ0n) is 23.6. The largest absolute Gasteiger partial charge is 0.490 e. The molecule has 2 fully saturated rings. The lowest BCUT2D eigenvalue weighted by Gasteiger charge is -2.36. The number of nitrogens with zero attached hydrogens (tertiary/aromatic N) is 5. The number of carbonyl (C=O) groups is 1. The molecule has 212 valence electrons. The van der Waals surface area contributed by atoms with Gasteiger partial charge in [0.25, 0.3) is 0 Å². The third kappa shape index (κ3) is 6.62. The van der Waals surface area contributed by atoms with Gasteiger partial charge in [-0.1, -0.05) is 38.1 Å². The Morgan fingerprint density at radius 2 is 1.90 bits per heavy atom. The molecule has 1 atom stereocenters. The first-order valence-electron chi connectivity index (χ1n) is 14.6. The lowest BCUT2D eigenvalue weighted by molar-refractivity contribution is -0.137. The van der Waals surface area contributed by atoms with Crippen LogP contribution in [0.1, 0.15) is 70.2 Å². The first-order valence-corrected chi connectivity index (χ1v) is 14.6. The minimum absolute atomic E-state index is 0.0397. The molecule has 1 unspecified atom stereocenters. The van der Waals surface area contributed by atoms with Gasteiger partial charge in [0.2, 0.25) is 5.91 Å². The molecule has 0 bridgehead atoms. The Morgan fingerprint density at radius 1 is 1.13 bits per heavy atom. The number of hydrogen-bond acceptors (Lipinski definition) is 7. The van der Waals surface area contributed by atoms with Gasteiger partial charge in [-0.15, -0.1) is 0 Å². The number of amides is 1. The molecular weight excluding hydrogens is 497 g/mol. The summed E-state index contributed by atoms with van der Waals surface area (Å²) in [6, 6.07) is 5.86. The molecular formula is C30H42FN5O3. The van der Waals surface area contributed by atoms with E-state index >= 15 is 0 Å². The van der Waals surface area contributed by atoms with E-state index in [4.69, 9.17) is 9.26 Å². The zero-order valence-corrected chi connectivity index (χ0v) is 23.6. The second-order valence-corrected chi connectivity index (χ2v) is 11.4. The highest BCUT2D eigenvalue weighted by Gasteiger charge is 2.29. The van der Waals surface area contributed by atoms with E-state index in [-0.39, 0.29) is 23.6 Å². The number of carbonyl (C=O) groups excluding carboxylic acids is 1. The van der Waals surface area contributed by atoms with E-state index in [9.17, 15) is 9.18 Å². The number of rotatable bonds is 8. The number of anilines is 1. The monoisotopic (exact) mass is 539 g/mol. The average molecular weight is 540 g/mol. The number of likely N-dealkylation sites (N-methyl/N-ethyl adjacent to an activating group) is 1. The number of halogens is 1. The summed E-state index contributed by atoms with van der Waals surface area (Å²) in [6.07, 6.45) is 6.33. The summed E-state index contributed by atoms with van der Waals surface area (Å²) in [5.41, 5.74) is 2.00. The third-order valence-electron chi connectivity index (χ3n) is 8.50. The van der Waals surface area contributed by atoms with Crippen LogP contribution >= 0.6 is 0 Å². The highest BCUT2D eigenvalue weighted by atomic mass is 19.1. The number of ether oxygens (including phenoxy) is 1. The molecule has 0 N–H and O–H groups in total. The van der Waals surface area contributed by atoms with Gasteiger partial charge < -0.3 is 24.0 Å². The summed E-state index contributed by atoms with van der Waals surface area (Å²) in [5, 5.41) is 4.06. The van der Waals surface area contributed by atoms with Gasteiger partial charge in [-0.05, 0) is 67.8 Å². The standard InChI is InChI=1S/C30H42FN5O3/c1-4-34-15-17-35(18-16-34)29(37)24-7-5-23(6-8-24)25-9-10-27(26(31)19-25)38-20-22-11-13-36(14-12-22)30-32-28(21(2)3)33-39-30/h5,9-10,19,21-22,24H,4,6-8,11-18,20H2,1-3H3. The maximum absolute atomic E-state index is 15.0. The van der Waals surface area contributed by atoms with Crippen molar-refractivity contribution >= 4 is 17.5 Å². The van der Waals surface area contributed by atoms with Crippen LogP contribution in [0.3, 0.4) is 0 Å². The first-order chi connectivity index (χ1) is 18.9. The van der Waals surface area contributed by atoms with Crippen LogP contribution in [0.25, 0.3) is 5.57 Å². The van der Waals surface area contributed by atoms with Crippen LogP contribution < -0.4 is 9.64 Å². The second kappa shape index (κ2) is 12.5. The molecule has 9 heteroatoms. The molecule has 1 aromatic heterocycles. The van der Waals surface area contributed by atoms with E-state index in [1.54, 1.807) is 12.1 Å². The fraction of sp³-hybridized carbons (Fsp3) is 0.633. The molecule has 0 radical (unpaired) electrons. The Morgan fingerprint density at radius 3 is 2.51 bits per heavy atom. The fourth-order valence-corrected chi connectivity index (χ4v) is 5.77. The molecule has 1 aliphatic carbocycles. The van der Waals surface area contributed by atoms with Crippen molar-refractivity contribution in [2.75, 3.05) is 57.3 Å². The Hall–Kier alpha value is -2.94. The first kappa shape index (κ1) is 27.6. The summed E-state index contributed by atoms with van der Waals surface area (Å²) in [4.78, 5) is 24.0. The van der Waals surface area contributed by atoms with Crippen LogP contribution in [-0.4, -0.2) is 78.3 Å². The van der Waals surface area contributed by atoms with Gasteiger partial charge in [-0.3, -0.25) is 4.79 Å². The van der Waals surface area contributed by atoms with Gasteiger partial charge in [0.05, 0.1) is 6.61 Å². The smallest absolute Gasteiger partial charge is 0.324 e. The quantitative estimate of drug-likeness (QED) is 0.469. The van der Waals surface area contributed by atoms with Crippen molar-refractivity contribution in [3.63, 3.8) is 0 Å². The molecule has 2 aliphatic heterocycles. The van der Waals surface area contributed by atoms with Crippen molar-refractivity contribution in [1.29, 1.82) is 0 Å². The Kier molecular flexibility index (Phi) is 8.85. The highest BCUT2D eigenvalue weighted by Crippen LogP contribution is 2.33. The molecule has 0 spiro atoms. The van der Waals surface area contributed by atoms with Crippen molar-refractivity contribution < 1.29 is 18.4 Å². The molecule has 1 aromatic carbocycles. The van der Waals surface area contributed by atoms with Crippen molar-refractivity contribution in [2.45, 2.75) is 58.8 Å². The van der Waals surface area contributed by atoms with Gasteiger partial charge in [0.1, 0.15) is 0 Å². The van der Waals surface area contributed by atoms with Crippen LogP contribution in [0, 0.1) is 17.7 Å². The summed E-state index contributed by atoms with van der Waals surface area (Å²) in [5.74, 6) is 1.61. The zero-order chi connectivity index (χ0) is 27.4. The molecule has 3 aliphatic rings. The number of piperazine rings is 1. The van der Waals surface area contributed by atoms with E-state index in [1.165, 1.54) is 0 Å². The minimum Gasteiger partial charge on any atom is -0.490 e. The number of piperidine rings is 1. The maximum Gasteiger partial charge on any atom is 0.324 e. The second-order valence-electron chi connectivity index (χ2n) is 11.4. The molecule has 2 aromatic rings. The molecule has 3 heterocycles. The number of benzene rings is 1. The van der Waals surface area contributed by atoms with Gasteiger partial charge in [-0.2, -0.15) is 4.98 Å². The predicted octanol–water partition coefficient (Wildman–Crippen LogP) is 4.98. The van der Waals surface area contributed by atoms with E-state index in [0.29, 0.717) is 24.3 Å². The summed E-state index contributed by atoms with van der Waals surface area (Å²) >= 11 is 0. The highest BCUT2D eigenvalue weighted by molar-refractivity contribution is 5.81. The van der Waals surface area contributed by atoms with Crippen LogP contribution in [0.4, 0.5) is 10.4 Å². The van der Waals surface area contributed by atoms with Crippen molar-refractivity contribution in [1.82, 2.24) is 19.9 Å². The van der Waals surface area contributed by atoms with E-state index < -0.39 is 0 Å². The number of allylic oxidation sites excluding steroid dienone is 2. The maximum atomic E-state index is 15.0. The van der Waals surface area contributed by atoms with Gasteiger partial charge in [0, 0.05) is 51.1 Å². The van der Waals surface area contributed by atoms with Gasteiger partial charge in [-0.25, -0.2) is 4.39 Å². The van der Waals surface area contributed by atoms with Crippen LogP contribution in [0.2, 0.25) is 0 Å². The van der Waals surface area contributed by atoms with E-state index in [0.717, 1.165) is 94.9 Å². The van der Waals surface area contributed by atoms with Crippen molar-refractivity contribution in [3.8, 4) is 5.75 Å². The molecule has 1 amide bonds. The lowest BCUT2D eigenvalue weighted by atomic mass is 9.85. The van der Waals surface area contributed by atoms with Crippen LogP contribution in [0.5, 0.6) is 5.75 Å². The van der Waals surface area contributed by atoms with Crippen molar-refractivity contribution in [3.05, 3.63) is 41.5 Å². The molecule has 0 saturated carbocycles. The molecule has 39 heavy (non-hydrogen) atoms. The van der Waals surface area contributed by atoms with E-state index in [1.807, 2.05) is 24.8 Å². The average Bonchev–Trinajstić information content (AvgIpc) is 3.48. The predicted molar refractivity (Wildman–Crippen MR) is 149 cm³/mol. The summed E-state index contributed by atoms with van der Waals surface area (Å²) in [7, 11) is 0. The molecule has 5 rings (SSSR count).